The Bertz CT molecular complexity index is 703. The standard InChI is InChI=1S/C15H14BrN3O3S/c16-12-8-7-11(22-12)14(21)17-15(23)19-18-13(20)9-6-10-4-2-1-3-5-10/h1-5,7-8H,6,9H2,(H,18,20)(H2,17,19,21,23). The molecular weight excluding hydrogens is 382 g/mol. The van der Waals surface area contributed by atoms with Crippen LogP contribution >= 0.6 is 28.1 Å². The zero-order valence-electron chi connectivity index (χ0n) is 12.0. The lowest BCUT2D eigenvalue weighted by atomic mass is 10.1. The van der Waals surface area contributed by atoms with Gasteiger partial charge in [-0.1, -0.05) is 30.3 Å². The van der Waals surface area contributed by atoms with E-state index in [-0.39, 0.29) is 16.8 Å². The number of carbonyl (C=O) groups is 2. The molecule has 0 unspecified atom stereocenters. The molecule has 1 heterocycles. The molecule has 0 atom stereocenters. The molecule has 0 bridgehead atoms. The summed E-state index contributed by atoms with van der Waals surface area (Å²) in [5.41, 5.74) is 5.97. The predicted octanol–water partition coefficient (Wildman–Crippen LogP) is 2.31. The molecule has 0 radical (unpaired) electrons. The van der Waals surface area contributed by atoms with E-state index in [1.807, 2.05) is 30.3 Å². The fraction of sp³-hybridized carbons (Fsp3) is 0.133. The van der Waals surface area contributed by atoms with Crippen LogP contribution in [0.4, 0.5) is 0 Å². The maximum Gasteiger partial charge on any atom is 0.293 e. The van der Waals surface area contributed by atoms with E-state index in [1.165, 1.54) is 6.07 Å². The summed E-state index contributed by atoms with van der Waals surface area (Å²) in [6, 6.07) is 12.8. The average molecular weight is 396 g/mol. The van der Waals surface area contributed by atoms with Gasteiger partial charge in [-0.25, -0.2) is 0 Å². The monoisotopic (exact) mass is 395 g/mol. The third-order valence-electron chi connectivity index (χ3n) is 2.82. The molecule has 2 amide bonds. The van der Waals surface area contributed by atoms with Gasteiger partial charge in [0.1, 0.15) is 0 Å². The van der Waals surface area contributed by atoms with Gasteiger partial charge in [-0.15, -0.1) is 0 Å². The van der Waals surface area contributed by atoms with Gasteiger partial charge in [0.2, 0.25) is 5.91 Å². The molecule has 120 valence electrons. The predicted molar refractivity (Wildman–Crippen MR) is 92.5 cm³/mol. The Morgan fingerprint density at radius 3 is 2.48 bits per heavy atom. The van der Waals surface area contributed by atoms with Crippen LogP contribution in [-0.2, 0) is 11.2 Å². The summed E-state index contributed by atoms with van der Waals surface area (Å²) in [5.74, 6) is -0.630. The van der Waals surface area contributed by atoms with Crippen LogP contribution in [0.5, 0.6) is 0 Å². The van der Waals surface area contributed by atoms with E-state index < -0.39 is 5.91 Å². The average Bonchev–Trinajstić information content (AvgIpc) is 2.98. The minimum absolute atomic E-state index is 0.0180. The maximum absolute atomic E-state index is 11.8. The van der Waals surface area contributed by atoms with E-state index in [4.69, 9.17) is 16.6 Å². The highest BCUT2D eigenvalue weighted by Crippen LogP contribution is 2.13. The van der Waals surface area contributed by atoms with Crippen molar-refractivity contribution in [3.63, 3.8) is 0 Å². The number of benzene rings is 1. The van der Waals surface area contributed by atoms with Gasteiger partial charge in [0.25, 0.3) is 5.91 Å². The topological polar surface area (TPSA) is 83.4 Å². The second kappa shape index (κ2) is 8.44. The Kier molecular flexibility index (Phi) is 6.30. The second-order valence-corrected chi connectivity index (χ2v) is 5.74. The number of carbonyl (C=O) groups excluding carboxylic acids is 2. The van der Waals surface area contributed by atoms with Crippen molar-refractivity contribution in [2.24, 2.45) is 0 Å². The van der Waals surface area contributed by atoms with E-state index in [1.54, 1.807) is 6.07 Å². The number of amides is 2. The largest absolute Gasteiger partial charge is 0.444 e. The Morgan fingerprint density at radius 2 is 1.83 bits per heavy atom. The molecule has 2 rings (SSSR count). The van der Waals surface area contributed by atoms with Gasteiger partial charge in [-0.2, -0.15) is 0 Å². The summed E-state index contributed by atoms with van der Waals surface area (Å²) >= 11 is 8.02. The summed E-state index contributed by atoms with van der Waals surface area (Å²) in [6.07, 6.45) is 0.923. The first kappa shape index (κ1) is 17.2. The molecule has 0 saturated carbocycles. The number of hydrazine groups is 1. The number of aryl methyl sites for hydroxylation is 1. The molecule has 2 aromatic rings. The summed E-state index contributed by atoms with van der Waals surface area (Å²) < 4.78 is 5.53. The van der Waals surface area contributed by atoms with Crippen molar-refractivity contribution >= 4 is 45.1 Å². The molecule has 0 saturated heterocycles. The molecule has 1 aromatic carbocycles. The van der Waals surface area contributed by atoms with E-state index in [2.05, 4.69) is 32.1 Å². The summed E-state index contributed by atoms with van der Waals surface area (Å²) in [4.78, 5) is 23.5. The van der Waals surface area contributed by atoms with Crippen LogP contribution in [0.2, 0.25) is 0 Å². The molecule has 0 aliphatic carbocycles. The van der Waals surface area contributed by atoms with Gasteiger partial charge >= 0.3 is 0 Å². The van der Waals surface area contributed by atoms with Crippen molar-refractivity contribution in [2.45, 2.75) is 12.8 Å². The van der Waals surface area contributed by atoms with E-state index in [0.29, 0.717) is 17.5 Å². The second-order valence-electron chi connectivity index (χ2n) is 4.55. The first-order chi connectivity index (χ1) is 11.0. The highest BCUT2D eigenvalue weighted by molar-refractivity contribution is 9.10. The van der Waals surface area contributed by atoms with Crippen LogP contribution < -0.4 is 16.2 Å². The maximum atomic E-state index is 11.8. The van der Waals surface area contributed by atoms with Crippen molar-refractivity contribution in [2.75, 3.05) is 0 Å². The molecule has 8 heteroatoms. The van der Waals surface area contributed by atoms with E-state index >= 15 is 0 Å². The Hall–Kier alpha value is -2.19. The first-order valence-corrected chi connectivity index (χ1v) is 7.94. The normalized spacial score (nSPS) is 9.96. The molecule has 0 aliphatic rings. The zero-order chi connectivity index (χ0) is 16.7. The summed E-state index contributed by atoms with van der Waals surface area (Å²) in [6.45, 7) is 0. The Balaban J connectivity index is 1.69. The number of nitrogens with one attached hydrogen (secondary N) is 3. The molecule has 23 heavy (non-hydrogen) atoms. The SMILES string of the molecule is O=C(CCc1ccccc1)NNC(=S)NC(=O)c1ccc(Br)o1. The quantitative estimate of drug-likeness (QED) is 0.546. The van der Waals surface area contributed by atoms with E-state index in [9.17, 15) is 9.59 Å². The lowest BCUT2D eigenvalue weighted by Gasteiger charge is -2.10. The number of hydrogen-bond acceptors (Lipinski definition) is 4. The molecule has 1 aromatic heterocycles. The molecule has 6 nitrogen and oxygen atoms in total. The van der Waals surface area contributed by atoms with E-state index in [0.717, 1.165) is 5.56 Å². The lowest BCUT2D eigenvalue weighted by Crippen LogP contribution is -2.48. The third kappa shape index (κ3) is 5.84. The van der Waals surface area contributed by atoms with Crippen molar-refractivity contribution in [1.29, 1.82) is 0 Å². The van der Waals surface area contributed by atoms with Crippen LogP contribution in [0.1, 0.15) is 22.5 Å². The van der Waals surface area contributed by atoms with Gasteiger partial charge in [0.15, 0.2) is 15.5 Å². The Morgan fingerprint density at radius 1 is 1.09 bits per heavy atom. The fourth-order valence-corrected chi connectivity index (χ4v) is 2.17. The van der Waals surface area contributed by atoms with Crippen molar-refractivity contribution in [1.82, 2.24) is 16.2 Å². The number of rotatable bonds is 4. The number of halogens is 1. The summed E-state index contributed by atoms with van der Waals surface area (Å²) in [5, 5.41) is 2.37. The minimum Gasteiger partial charge on any atom is -0.444 e. The number of thiocarbonyl (C=S) groups is 1. The first-order valence-electron chi connectivity index (χ1n) is 6.74. The highest BCUT2D eigenvalue weighted by atomic mass is 79.9. The smallest absolute Gasteiger partial charge is 0.293 e. The number of furan rings is 1. The highest BCUT2D eigenvalue weighted by Gasteiger charge is 2.12. The number of hydrogen-bond donors (Lipinski definition) is 3. The van der Waals surface area contributed by atoms with Gasteiger partial charge in [-0.3, -0.25) is 25.8 Å². The summed E-state index contributed by atoms with van der Waals surface area (Å²) in [7, 11) is 0. The Labute approximate surface area is 146 Å². The molecule has 0 spiro atoms. The van der Waals surface area contributed by atoms with Crippen LogP contribution in [-0.4, -0.2) is 16.9 Å². The van der Waals surface area contributed by atoms with Crippen molar-refractivity contribution in [3.05, 3.63) is 58.5 Å². The van der Waals surface area contributed by atoms with Gasteiger partial charge in [-0.05, 0) is 52.3 Å². The van der Waals surface area contributed by atoms with Crippen molar-refractivity contribution in [3.8, 4) is 0 Å². The van der Waals surface area contributed by atoms with Crippen LogP contribution in [0.15, 0.2) is 51.6 Å². The van der Waals surface area contributed by atoms with Gasteiger partial charge in [0, 0.05) is 6.42 Å². The van der Waals surface area contributed by atoms with Crippen molar-refractivity contribution < 1.29 is 14.0 Å². The minimum atomic E-state index is -0.508. The van der Waals surface area contributed by atoms with Crippen LogP contribution in [0, 0.1) is 0 Å². The third-order valence-corrected chi connectivity index (χ3v) is 3.45. The molecule has 3 N–H and O–H groups in total. The van der Waals surface area contributed by atoms with Crippen LogP contribution in [0.25, 0.3) is 0 Å². The fourth-order valence-electron chi connectivity index (χ4n) is 1.72. The van der Waals surface area contributed by atoms with Crippen LogP contribution in [0.3, 0.4) is 0 Å². The molecular formula is C15H14BrN3O3S. The molecule has 0 fully saturated rings. The molecule has 0 aliphatic heterocycles. The van der Waals surface area contributed by atoms with Gasteiger partial charge < -0.3 is 4.42 Å². The zero-order valence-corrected chi connectivity index (χ0v) is 14.4. The lowest BCUT2D eigenvalue weighted by molar-refractivity contribution is -0.121. The van der Waals surface area contributed by atoms with Gasteiger partial charge in [0.05, 0.1) is 0 Å².